The molecule has 1 rings (SSSR count). The maximum Gasteiger partial charge on any atom is 0.0740 e. The van der Waals surface area contributed by atoms with Crippen molar-refractivity contribution < 1.29 is 4.74 Å². The van der Waals surface area contributed by atoms with E-state index in [-0.39, 0.29) is 5.54 Å². The molecule has 1 saturated heterocycles. The van der Waals surface area contributed by atoms with Crippen LogP contribution in [0.25, 0.3) is 0 Å². The molecule has 0 saturated carbocycles. The van der Waals surface area contributed by atoms with Crippen molar-refractivity contribution in [3.63, 3.8) is 0 Å². The van der Waals surface area contributed by atoms with Crippen LogP contribution in [0.1, 0.15) is 27.2 Å². The van der Waals surface area contributed by atoms with Crippen LogP contribution in [0.3, 0.4) is 0 Å². The summed E-state index contributed by atoms with van der Waals surface area (Å²) < 4.78 is 5.47. The molecular formula is C10H21NOS. The number of ether oxygens (including phenoxy) is 1. The van der Waals surface area contributed by atoms with Crippen LogP contribution in [0.5, 0.6) is 0 Å². The number of hydrogen-bond donors (Lipinski definition) is 1. The van der Waals surface area contributed by atoms with Crippen molar-refractivity contribution in [3.05, 3.63) is 0 Å². The van der Waals surface area contributed by atoms with Gasteiger partial charge in [0, 0.05) is 24.4 Å². The van der Waals surface area contributed by atoms with Crippen LogP contribution in [0.4, 0.5) is 0 Å². The Balaban J connectivity index is 2.45. The summed E-state index contributed by atoms with van der Waals surface area (Å²) in [6, 6.07) is 0.517. The molecule has 1 aliphatic heterocycles. The highest BCUT2D eigenvalue weighted by Gasteiger charge is 2.28. The largest absolute Gasteiger partial charge is 0.380 e. The van der Waals surface area contributed by atoms with Gasteiger partial charge >= 0.3 is 0 Å². The fourth-order valence-corrected chi connectivity index (χ4v) is 2.81. The fraction of sp³-hybridized carbons (Fsp3) is 1.00. The van der Waals surface area contributed by atoms with Gasteiger partial charge in [0.1, 0.15) is 0 Å². The standard InChI is InChI=1S/C10H21NOS/c1-10(2,3)11-8-7-13-6-5-9(8)12-4/h8-9,11H,5-7H2,1-4H3. The van der Waals surface area contributed by atoms with Crippen LogP contribution in [-0.2, 0) is 4.74 Å². The summed E-state index contributed by atoms with van der Waals surface area (Å²) >= 11 is 2.02. The van der Waals surface area contributed by atoms with Crippen molar-refractivity contribution in [1.29, 1.82) is 0 Å². The van der Waals surface area contributed by atoms with E-state index in [0.29, 0.717) is 12.1 Å². The van der Waals surface area contributed by atoms with Gasteiger partial charge in [-0.05, 0) is 32.9 Å². The minimum atomic E-state index is 0.194. The van der Waals surface area contributed by atoms with Gasteiger partial charge in [0.05, 0.1) is 6.10 Å². The maximum absolute atomic E-state index is 5.47. The first-order chi connectivity index (χ1) is 6.03. The molecule has 1 fully saturated rings. The van der Waals surface area contributed by atoms with Crippen LogP contribution < -0.4 is 5.32 Å². The van der Waals surface area contributed by atoms with E-state index in [1.165, 1.54) is 17.9 Å². The first-order valence-electron chi connectivity index (χ1n) is 4.91. The van der Waals surface area contributed by atoms with E-state index < -0.39 is 0 Å². The van der Waals surface area contributed by atoms with E-state index in [2.05, 4.69) is 26.1 Å². The van der Waals surface area contributed by atoms with Crippen molar-refractivity contribution >= 4 is 11.8 Å². The molecule has 3 heteroatoms. The maximum atomic E-state index is 5.47. The van der Waals surface area contributed by atoms with E-state index in [0.717, 1.165) is 0 Å². The van der Waals surface area contributed by atoms with Crippen LogP contribution in [-0.4, -0.2) is 36.3 Å². The molecule has 1 heterocycles. The van der Waals surface area contributed by atoms with Gasteiger partial charge in [-0.2, -0.15) is 11.8 Å². The Morgan fingerprint density at radius 3 is 2.62 bits per heavy atom. The third kappa shape index (κ3) is 3.88. The molecule has 2 unspecified atom stereocenters. The first kappa shape index (κ1) is 11.3. The minimum Gasteiger partial charge on any atom is -0.380 e. The van der Waals surface area contributed by atoms with Gasteiger partial charge < -0.3 is 10.1 Å². The van der Waals surface area contributed by atoms with Crippen molar-refractivity contribution in [2.75, 3.05) is 18.6 Å². The topological polar surface area (TPSA) is 21.3 Å². The Labute approximate surface area is 85.8 Å². The van der Waals surface area contributed by atoms with Crippen molar-refractivity contribution in [2.24, 2.45) is 0 Å². The second-order valence-electron chi connectivity index (χ2n) is 4.64. The molecule has 2 atom stereocenters. The lowest BCUT2D eigenvalue weighted by Gasteiger charge is -2.36. The Morgan fingerprint density at radius 1 is 1.38 bits per heavy atom. The summed E-state index contributed by atoms with van der Waals surface area (Å²) in [7, 11) is 1.82. The number of nitrogens with one attached hydrogen (secondary N) is 1. The predicted molar refractivity (Wildman–Crippen MR) is 59.4 cm³/mol. The van der Waals surface area contributed by atoms with Crippen molar-refractivity contribution in [2.45, 2.75) is 44.9 Å². The van der Waals surface area contributed by atoms with E-state index >= 15 is 0 Å². The number of methoxy groups -OCH3 is 1. The summed E-state index contributed by atoms with van der Waals surface area (Å²) in [5.74, 6) is 2.41. The Hall–Kier alpha value is 0.270. The van der Waals surface area contributed by atoms with Gasteiger partial charge in [0.25, 0.3) is 0 Å². The highest BCUT2D eigenvalue weighted by molar-refractivity contribution is 7.99. The highest BCUT2D eigenvalue weighted by Crippen LogP contribution is 2.21. The molecule has 0 bridgehead atoms. The van der Waals surface area contributed by atoms with Gasteiger partial charge in [-0.25, -0.2) is 0 Å². The number of thioether (sulfide) groups is 1. The molecular weight excluding hydrogens is 182 g/mol. The minimum absolute atomic E-state index is 0.194. The molecule has 0 amide bonds. The highest BCUT2D eigenvalue weighted by atomic mass is 32.2. The van der Waals surface area contributed by atoms with E-state index in [1.807, 2.05) is 18.9 Å². The zero-order chi connectivity index (χ0) is 9.90. The summed E-state index contributed by atoms with van der Waals surface area (Å²) in [5.41, 5.74) is 0.194. The predicted octanol–water partition coefficient (Wildman–Crippen LogP) is 1.89. The third-order valence-electron chi connectivity index (χ3n) is 2.21. The number of hydrogen-bond acceptors (Lipinski definition) is 3. The zero-order valence-corrected chi connectivity index (χ0v) is 9.91. The lowest BCUT2D eigenvalue weighted by atomic mass is 10.0. The summed E-state index contributed by atoms with van der Waals surface area (Å²) in [6.07, 6.45) is 1.58. The Morgan fingerprint density at radius 2 is 2.08 bits per heavy atom. The van der Waals surface area contributed by atoms with E-state index in [4.69, 9.17) is 4.74 Å². The fourth-order valence-electron chi connectivity index (χ4n) is 1.69. The van der Waals surface area contributed by atoms with Gasteiger partial charge in [0.15, 0.2) is 0 Å². The summed E-state index contributed by atoms with van der Waals surface area (Å²) in [5, 5.41) is 3.61. The molecule has 0 aromatic rings. The SMILES string of the molecule is COC1CCSCC1NC(C)(C)C. The average molecular weight is 203 g/mol. The van der Waals surface area contributed by atoms with Crippen LogP contribution in [0.2, 0.25) is 0 Å². The van der Waals surface area contributed by atoms with E-state index in [1.54, 1.807) is 0 Å². The molecule has 0 radical (unpaired) electrons. The summed E-state index contributed by atoms with van der Waals surface area (Å²) in [6.45, 7) is 6.62. The molecule has 1 aliphatic rings. The van der Waals surface area contributed by atoms with Gasteiger partial charge in [-0.3, -0.25) is 0 Å². The summed E-state index contributed by atoms with van der Waals surface area (Å²) in [4.78, 5) is 0. The molecule has 0 aliphatic carbocycles. The van der Waals surface area contributed by atoms with Gasteiger partial charge in [-0.1, -0.05) is 0 Å². The third-order valence-corrected chi connectivity index (χ3v) is 3.33. The van der Waals surface area contributed by atoms with Crippen LogP contribution in [0, 0.1) is 0 Å². The molecule has 13 heavy (non-hydrogen) atoms. The monoisotopic (exact) mass is 203 g/mol. The average Bonchev–Trinajstić information content (AvgIpc) is 2.02. The zero-order valence-electron chi connectivity index (χ0n) is 9.09. The van der Waals surface area contributed by atoms with Crippen LogP contribution in [0.15, 0.2) is 0 Å². The molecule has 1 N–H and O–H groups in total. The molecule has 0 aromatic carbocycles. The van der Waals surface area contributed by atoms with Crippen LogP contribution >= 0.6 is 11.8 Å². The Bertz CT molecular complexity index is 155. The van der Waals surface area contributed by atoms with Crippen molar-refractivity contribution in [1.82, 2.24) is 5.32 Å². The van der Waals surface area contributed by atoms with Gasteiger partial charge in [-0.15, -0.1) is 0 Å². The second kappa shape index (κ2) is 4.67. The second-order valence-corrected chi connectivity index (χ2v) is 5.79. The normalized spacial score (nSPS) is 30.5. The number of rotatable bonds is 2. The van der Waals surface area contributed by atoms with Gasteiger partial charge in [0.2, 0.25) is 0 Å². The quantitative estimate of drug-likeness (QED) is 0.740. The molecule has 0 spiro atoms. The molecule has 2 nitrogen and oxygen atoms in total. The smallest absolute Gasteiger partial charge is 0.0740 e. The lowest BCUT2D eigenvalue weighted by molar-refractivity contribution is 0.0621. The van der Waals surface area contributed by atoms with E-state index in [9.17, 15) is 0 Å². The molecule has 78 valence electrons. The van der Waals surface area contributed by atoms with Crippen molar-refractivity contribution in [3.8, 4) is 0 Å². The molecule has 0 aromatic heterocycles. The first-order valence-corrected chi connectivity index (χ1v) is 6.06. The Kier molecular flexibility index (Phi) is 4.07. The lowest BCUT2D eigenvalue weighted by Crippen LogP contribution is -2.52.